The van der Waals surface area contributed by atoms with Crippen LogP contribution in [0.4, 0.5) is 0 Å². The molecule has 1 aliphatic carbocycles. The Labute approximate surface area is 82.5 Å². The van der Waals surface area contributed by atoms with Crippen molar-refractivity contribution in [1.82, 2.24) is 4.90 Å². The Morgan fingerprint density at radius 3 is 2.46 bits per heavy atom. The van der Waals surface area contributed by atoms with Crippen molar-refractivity contribution >= 4 is 0 Å². The van der Waals surface area contributed by atoms with Gasteiger partial charge in [0, 0.05) is 13.1 Å². The highest BCUT2D eigenvalue weighted by Crippen LogP contribution is 2.26. The summed E-state index contributed by atoms with van der Waals surface area (Å²) in [6, 6.07) is 0. The third kappa shape index (κ3) is 2.70. The molecule has 1 saturated heterocycles. The maximum absolute atomic E-state index is 5.89. The molecule has 2 aliphatic rings. The van der Waals surface area contributed by atoms with E-state index in [0.29, 0.717) is 5.92 Å². The summed E-state index contributed by atoms with van der Waals surface area (Å²) < 4.78 is 0. The minimum absolute atomic E-state index is 0.462. The maximum atomic E-state index is 5.89. The van der Waals surface area contributed by atoms with Crippen LogP contribution in [0.5, 0.6) is 0 Å². The van der Waals surface area contributed by atoms with Crippen LogP contribution in [0.15, 0.2) is 0 Å². The molecule has 2 rings (SSSR count). The van der Waals surface area contributed by atoms with Crippen molar-refractivity contribution in [3.63, 3.8) is 0 Å². The van der Waals surface area contributed by atoms with Crippen LogP contribution in [0.1, 0.15) is 38.5 Å². The standard InChI is InChI=1S/C12H21N/c1-11-7-8-13(9-11)10-12-5-3-2-4-6-12/h1,11-12H,2-10H2. The van der Waals surface area contributed by atoms with Crippen LogP contribution in [-0.2, 0) is 0 Å². The molecular weight excluding hydrogens is 158 g/mol. The van der Waals surface area contributed by atoms with E-state index in [1.807, 2.05) is 0 Å². The minimum atomic E-state index is 0.462. The number of rotatable bonds is 2. The van der Waals surface area contributed by atoms with Gasteiger partial charge in [0.15, 0.2) is 0 Å². The van der Waals surface area contributed by atoms with Gasteiger partial charge in [0.25, 0.3) is 0 Å². The van der Waals surface area contributed by atoms with Gasteiger partial charge in [-0.1, -0.05) is 19.3 Å². The second-order valence-corrected chi connectivity index (χ2v) is 4.81. The maximum Gasteiger partial charge on any atom is 0.00131 e. The summed E-state index contributed by atoms with van der Waals surface area (Å²) in [7, 11) is 0. The predicted octanol–water partition coefficient (Wildman–Crippen LogP) is 2.60. The van der Waals surface area contributed by atoms with Crippen molar-refractivity contribution in [1.29, 1.82) is 0 Å². The smallest absolute Gasteiger partial charge is 0.00131 e. The van der Waals surface area contributed by atoms with E-state index in [-0.39, 0.29) is 0 Å². The Morgan fingerprint density at radius 2 is 1.85 bits per heavy atom. The second kappa shape index (κ2) is 4.45. The minimum Gasteiger partial charge on any atom is -0.303 e. The van der Waals surface area contributed by atoms with E-state index in [9.17, 15) is 0 Å². The van der Waals surface area contributed by atoms with Gasteiger partial charge in [0.1, 0.15) is 0 Å². The van der Waals surface area contributed by atoms with Gasteiger partial charge in [0.2, 0.25) is 0 Å². The molecule has 1 saturated carbocycles. The Bertz CT molecular complexity index is 146. The first kappa shape index (κ1) is 9.51. The molecule has 1 aliphatic heterocycles. The number of hydrogen-bond donors (Lipinski definition) is 0. The molecule has 13 heavy (non-hydrogen) atoms. The van der Waals surface area contributed by atoms with Gasteiger partial charge in [-0.25, -0.2) is 0 Å². The fourth-order valence-electron chi connectivity index (χ4n) is 2.76. The molecule has 1 nitrogen and oxygen atoms in total. The SMILES string of the molecule is [CH]C1CCN(CC2CCCCC2)C1. The van der Waals surface area contributed by atoms with Gasteiger partial charge in [-0.05, 0) is 44.6 Å². The fourth-order valence-corrected chi connectivity index (χ4v) is 2.76. The van der Waals surface area contributed by atoms with Crippen LogP contribution in [0.25, 0.3) is 0 Å². The van der Waals surface area contributed by atoms with Gasteiger partial charge in [-0.15, -0.1) is 0 Å². The van der Waals surface area contributed by atoms with E-state index in [1.54, 1.807) is 0 Å². The molecule has 2 radical (unpaired) electrons. The number of likely N-dealkylation sites (tertiary alicyclic amines) is 1. The molecule has 0 aromatic heterocycles. The molecule has 1 atom stereocenters. The normalized spacial score (nSPS) is 32.5. The van der Waals surface area contributed by atoms with Crippen LogP contribution in [-0.4, -0.2) is 24.5 Å². The average molecular weight is 179 g/mol. The first-order valence-electron chi connectivity index (χ1n) is 5.82. The lowest BCUT2D eigenvalue weighted by Crippen LogP contribution is -2.28. The average Bonchev–Trinajstić information content (AvgIpc) is 2.53. The van der Waals surface area contributed by atoms with Crippen LogP contribution < -0.4 is 0 Å². The van der Waals surface area contributed by atoms with E-state index in [1.165, 1.54) is 51.6 Å². The second-order valence-electron chi connectivity index (χ2n) is 4.81. The van der Waals surface area contributed by atoms with Crippen LogP contribution in [0.3, 0.4) is 0 Å². The summed E-state index contributed by atoms with van der Waals surface area (Å²) in [6.07, 6.45) is 8.54. The van der Waals surface area contributed by atoms with Crippen molar-refractivity contribution in [2.24, 2.45) is 11.8 Å². The fraction of sp³-hybridized carbons (Fsp3) is 0.917. The summed E-state index contributed by atoms with van der Waals surface area (Å²) in [5.41, 5.74) is 0. The Balaban J connectivity index is 1.71. The first-order valence-corrected chi connectivity index (χ1v) is 5.82. The van der Waals surface area contributed by atoms with E-state index >= 15 is 0 Å². The third-order valence-corrected chi connectivity index (χ3v) is 3.55. The molecule has 74 valence electrons. The van der Waals surface area contributed by atoms with Crippen LogP contribution in [0, 0.1) is 18.8 Å². The van der Waals surface area contributed by atoms with Crippen molar-refractivity contribution in [2.45, 2.75) is 38.5 Å². The summed E-state index contributed by atoms with van der Waals surface area (Å²) in [5.74, 6) is 1.45. The molecular formula is C12H21N. The van der Waals surface area contributed by atoms with E-state index in [4.69, 9.17) is 6.92 Å². The van der Waals surface area contributed by atoms with E-state index in [0.717, 1.165) is 12.5 Å². The zero-order chi connectivity index (χ0) is 9.10. The Hall–Kier alpha value is -0.0400. The van der Waals surface area contributed by atoms with Gasteiger partial charge in [-0.2, -0.15) is 0 Å². The molecule has 1 heterocycles. The highest BCUT2D eigenvalue weighted by Gasteiger charge is 2.22. The molecule has 0 bridgehead atoms. The monoisotopic (exact) mass is 179 g/mol. The molecule has 0 aromatic rings. The lowest BCUT2D eigenvalue weighted by Gasteiger charge is -2.26. The molecule has 2 fully saturated rings. The summed E-state index contributed by atoms with van der Waals surface area (Å²) in [5, 5.41) is 0. The van der Waals surface area contributed by atoms with Gasteiger partial charge in [0.05, 0.1) is 0 Å². The zero-order valence-electron chi connectivity index (χ0n) is 8.54. The molecule has 0 N–H and O–H groups in total. The highest BCUT2D eigenvalue weighted by atomic mass is 15.1. The lowest BCUT2D eigenvalue weighted by atomic mass is 9.89. The molecule has 1 heteroatoms. The molecule has 0 aromatic carbocycles. The molecule has 1 unspecified atom stereocenters. The largest absolute Gasteiger partial charge is 0.303 e. The molecule has 0 amide bonds. The van der Waals surface area contributed by atoms with Crippen LogP contribution >= 0.6 is 0 Å². The summed E-state index contributed by atoms with van der Waals surface area (Å²) >= 11 is 0. The number of hydrogen-bond acceptors (Lipinski definition) is 1. The van der Waals surface area contributed by atoms with Crippen molar-refractivity contribution in [3.05, 3.63) is 6.92 Å². The summed E-state index contributed by atoms with van der Waals surface area (Å²) in [6.45, 7) is 9.61. The summed E-state index contributed by atoms with van der Waals surface area (Å²) in [4.78, 5) is 2.57. The topological polar surface area (TPSA) is 3.24 Å². The van der Waals surface area contributed by atoms with Crippen molar-refractivity contribution in [3.8, 4) is 0 Å². The molecule has 0 spiro atoms. The van der Waals surface area contributed by atoms with Gasteiger partial charge < -0.3 is 4.90 Å². The zero-order valence-corrected chi connectivity index (χ0v) is 8.54. The first-order chi connectivity index (χ1) is 6.34. The quantitative estimate of drug-likeness (QED) is 0.630. The van der Waals surface area contributed by atoms with Crippen molar-refractivity contribution in [2.75, 3.05) is 19.6 Å². The lowest BCUT2D eigenvalue weighted by molar-refractivity contribution is 0.231. The van der Waals surface area contributed by atoms with Crippen molar-refractivity contribution < 1.29 is 0 Å². The Morgan fingerprint density at radius 1 is 1.08 bits per heavy atom. The van der Waals surface area contributed by atoms with Gasteiger partial charge >= 0.3 is 0 Å². The van der Waals surface area contributed by atoms with Gasteiger partial charge in [-0.3, -0.25) is 0 Å². The Kier molecular flexibility index (Phi) is 3.26. The van der Waals surface area contributed by atoms with E-state index in [2.05, 4.69) is 4.90 Å². The van der Waals surface area contributed by atoms with Crippen LogP contribution in [0.2, 0.25) is 0 Å². The number of nitrogens with zero attached hydrogens (tertiary/aromatic N) is 1. The third-order valence-electron chi connectivity index (χ3n) is 3.55. The predicted molar refractivity (Wildman–Crippen MR) is 55.4 cm³/mol. The van der Waals surface area contributed by atoms with E-state index < -0.39 is 0 Å². The highest BCUT2D eigenvalue weighted by molar-refractivity contribution is 4.79.